The summed E-state index contributed by atoms with van der Waals surface area (Å²) in [4.78, 5) is 2.61. The predicted octanol–water partition coefficient (Wildman–Crippen LogP) is 5.69. The molecule has 0 amide bonds. The number of hydrogen-bond acceptors (Lipinski definition) is 1. The molecule has 0 aliphatic carbocycles. The van der Waals surface area contributed by atoms with Crippen molar-refractivity contribution in [2.75, 3.05) is 6.54 Å². The van der Waals surface area contributed by atoms with Gasteiger partial charge in [0.15, 0.2) is 0 Å². The molecule has 0 aromatic heterocycles. The van der Waals surface area contributed by atoms with E-state index in [4.69, 9.17) is 0 Å². The molecule has 0 spiro atoms. The van der Waals surface area contributed by atoms with Crippen molar-refractivity contribution in [3.63, 3.8) is 0 Å². The first kappa shape index (κ1) is 16.8. The van der Waals surface area contributed by atoms with Crippen LogP contribution in [0.2, 0.25) is 0 Å². The van der Waals surface area contributed by atoms with Crippen molar-refractivity contribution in [3.8, 4) is 0 Å². The van der Waals surface area contributed by atoms with Crippen molar-refractivity contribution < 1.29 is 0 Å². The molecule has 118 valence electrons. The summed E-state index contributed by atoms with van der Waals surface area (Å²) in [5.74, 6) is 0.793. The lowest BCUT2D eigenvalue weighted by molar-refractivity contribution is 0.187. The molecule has 2 aromatic rings. The van der Waals surface area contributed by atoms with Gasteiger partial charge in [0.2, 0.25) is 0 Å². The van der Waals surface area contributed by atoms with E-state index in [-0.39, 0.29) is 0 Å². The van der Waals surface area contributed by atoms with E-state index >= 15 is 0 Å². The lowest BCUT2D eigenvalue weighted by atomic mass is 10.0. The van der Waals surface area contributed by atoms with Gasteiger partial charge in [0.05, 0.1) is 0 Å². The average molecular weight is 295 g/mol. The summed E-state index contributed by atoms with van der Waals surface area (Å²) in [6.45, 7) is 9.14. The van der Waals surface area contributed by atoms with Crippen LogP contribution in [0.4, 0.5) is 0 Å². The van der Waals surface area contributed by atoms with Gasteiger partial charge in [-0.1, -0.05) is 80.9 Å². The van der Waals surface area contributed by atoms with Crippen molar-refractivity contribution in [1.29, 1.82) is 0 Å². The lowest BCUT2D eigenvalue weighted by Gasteiger charge is -2.30. The first-order valence-electron chi connectivity index (χ1n) is 8.53. The van der Waals surface area contributed by atoms with Crippen LogP contribution in [-0.4, -0.2) is 11.4 Å². The van der Waals surface area contributed by atoms with Gasteiger partial charge in [-0.2, -0.15) is 0 Å². The van der Waals surface area contributed by atoms with Crippen LogP contribution in [0.15, 0.2) is 60.7 Å². The Morgan fingerprint density at radius 1 is 0.864 bits per heavy atom. The molecular formula is C21H29N. The molecule has 2 atom stereocenters. The van der Waals surface area contributed by atoms with Gasteiger partial charge in [-0.15, -0.1) is 0 Å². The number of hydrogen-bond donors (Lipinski definition) is 0. The fourth-order valence-corrected chi connectivity index (χ4v) is 2.76. The maximum Gasteiger partial charge on any atom is 0.0323 e. The minimum absolute atomic E-state index is 0.450. The van der Waals surface area contributed by atoms with Gasteiger partial charge in [-0.3, -0.25) is 4.90 Å². The SMILES string of the molecule is CC[C@H](C)CCN(Cc1ccccc1)C(C)c1ccccc1. The topological polar surface area (TPSA) is 3.24 Å². The summed E-state index contributed by atoms with van der Waals surface area (Å²) in [6.07, 6.45) is 2.53. The Labute approximate surface area is 136 Å². The molecule has 0 N–H and O–H groups in total. The van der Waals surface area contributed by atoms with Crippen LogP contribution in [0.1, 0.15) is 50.8 Å². The Hall–Kier alpha value is -1.60. The molecule has 0 fully saturated rings. The second kappa shape index (κ2) is 8.75. The number of rotatable bonds is 8. The van der Waals surface area contributed by atoms with Crippen LogP contribution in [0.25, 0.3) is 0 Å². The molecule has 0 heterocycles. The Morgan fingerprint density at radius 2 is 1.45 bits per heavy atom. The third-order valence-corrected chi connectivity index (χ3v) is 4.66. The molecule has 1 heteroatoms. The zero-order valence-corrected chi connectivity index (χ0v) is 14.2. The Bertz CT molecular complexity index is 520. The minimum atomic E-state index is 0.450. The van der Waals surface area contributed by atoms with E-state index in [1.54, 1.807) is 0 Å². The van der Waals surface area contributed by atoms with Crippen molar-refractivity contribution in [2.24, 2.45) is 5.92 Å². The zero-order valence-electron chi connectivity index (χ0n) is 14.2. The van der Waals surface area contributed by atoms with E-state index in [2.05, 4.69) is 86.3 Å². The molecular weight excluding hydrogens is 266 g/mol. The van der Waals surface area contributed by atoms with E-state index in [0.29, 0.717) is 6.04 Å². The Kier molecular flexibility index (Phi) is 6.67. The largest absolute Gasteiger partial charge is 0.292 e. The normalized spacial score (nSPS) is 14.0. The first-order chi connectivity index (χ1) is 10.7. The molecule has 1 unspecified atom stereocenters. The van der Waals surface area contributed by atoms with E-state index < -0.39 is 0 Å². The zero-order chi connectivity index (χ0) is 15.8. The monoisotopic (exact) mass is 295 g/mol. The summed E-state index contributed by atoms with van der Waals surface area (Å²) in [5.41, 5.74) is 2.80. The van der Waals surface area contributed by atoms with Gasteiger partial charge in [-0.25, -0.2) is 0 Å². The van der Waals surface area contributed by atoms with Gasteiger partial charge in [0, 0.05) is 12.6 Å². The highest BCUT2D eigenvalue weighted by molar-refractivity contribution is 5.20. The van der Waals surface area contributed by atoms with Crippen molar-refractivity contribution in [1.82, 2.24) is 4.90 Å². The molecule has 0 saturated heterocycles. The standard InChI is InChI=1S/C21H29N/c1-4-18(2)15-16-22(17-20-11-7-5-8-12-20)19(3)21-13-9-6-10-14-21/h5-14,18-19H,4,15-17H2,1-3H3/t18-,19?/m0/s1. The molecule has 1 nitrogen and oxygen atoms in total. The fourth-order valence-electron chi connectivity index (χ4n) is 2.76. The lowest BCUT2D eigenvalue weighted by Crippen LogP contribution is -2.28. The molecule has 0 saturated carbocycles. The third-order valence-electron chi connectivity index (χ3n) is 4.66. The highest BCUT2D eigenvalue weighted by Gasteiger charge is 2.16. The van der Waals surface area contributed by atoms with Crippen LogP contribution in [0, 0.1) is 5.92 Å². The Balaban J connectivity index is 2.10. The molecule has 22 heavy (non-hydrogen) atoms. The van der Waals surface area contributed by atoms with Crippen molar-refractivity contribution in [3.05, 3.63) is 71.8 Å². The summed E-state index contributed by atoms with van der Waals surface area (Å²) >= 11 is 0. The van der Waals surface area contributed by atoms with Gasteiger partial charge < -0.3 is 0 Å². The van der Waals surface area contributed by atoms with E-state index in [9.17, 15) is 0 Å². The smallest absolute Gasteiger partial charge is 0.0323 e. The molecule has 0 aliphatic heterocycles. The summed E-state index contributed by atoms with van der Waals surface area (Å²) < 4.78 is 0. The van der Waals surface area contributed by atoms with Gasteiger partial charge in [-0.05, 0) is 36.9 Å². The van der Waals surface area contributed by atoms with E-state index in [1.165, 1.54) is 24.0 Å². The average Bonchev–Trinajstić information content (AvgIpc) is 2.59. The summed E-state index contributed by atoms with van der Waals surface area (Å²) in [5, 5.41) is 0. The van der Waals surface area contributed by atoms with Crippen LogP contribution < -0.4 is 0 Å². The van der Waals surface area contributed by atoms with Crippen molar-refractivity contribution in [2.45, 2.75) is 46.2 Å². The van der Waals surface area contributed by atoms with Crippen LogP contribution in [0.5, 0.6) is 0 Å². The van der Waals surface area contributed by atoms with Crippen LogP contribution in [0.3, 0.4) is 0 Å². The highest BCUT2D eigenvalue weighted by Crippen LogP contribution is 2.23. The first-order valence-corrected chi connectivity index (χ1v) is 8.53. The molecule has 0 radical (unpaired) electrons. The van der Waals surface area contributed by atoms with Crippen molar-refractivity contribution >= 4 is 0 Å². The quantitative estimate of drug-likeness (QED) is 0.605. The van der Waals surface area contributed by atoms with E-state index in [1.807, 2.05) is 0 Å². The third kappa shape index (κ3) is 4.99. The molecule has 0 bridgehead atoms. The van der Waals surface area contributed by atoms with E-state index in [0.717, 1.165) is 19.0 Å². The van der Waals surface area contributed by atoms with Gasteiger partial charge in [0.1, 0.15) is 0 Å². The van der Waals surface area contributed by atoms with Crippen LogP contribution in [-0.2, 0) is 6.54 Å². The molecule has 0 aliphatic rings. The Morgan fingerprint density at radius 3 is 2.05 bits per heavy atom. The highest BCUT2D eigenvalue weighted by atomic mass is 15.1. The molecule has 2 rings (SSSR count). The minimum Gasteiger partial charge on any atom is -0.292 e. The maximum atomic E-state index is 2.61. The van der Waals surface area contributed by atoms with Crippen LogP contribution >= 0.6 is 0 Å². The summed E-state index contributed by atoms with van der Waals surface area (Å²) in [7, 11) is 0. The van der Waals surface area contributed by atoms with Gasteiger partial charge >= 0.3 is 0 Å². The van der Waals surface area contributed by atoms with Gasteiger partial charge in [0.25, 0.3) is 0 Å². The number of benzene rings is 2. The second-order valence-electron chi connectivity index (χ2n) is 6.34. The second-order valence-corrected chi connectivity index (χ2v) is 6.34. The number of nitrogens with zero attached hydrogens (tertiary/aromatic N) is 1. The maximum absolute atomic E-state index is 2.61. The predicted molar refractivity (Wildman–Crippen MR) is 95.8 cm³/mol. The fraction of sp³-hybridized carbons (Fsp3) is 0.429. The summed E-state index contributed by atoms with van der Waals surface area (Å²) in [6, 6.07) is 22.1. The molecule has 2 aromatic carbocycles.